The van der Waals surface area contributed by atoms with Gasteiger partial charge in [0, 0.05) is 11.3 Å². The van der Waals surface area contributed by atoms with Crippen molar-refractivity contribution in [1.29, 1.82) is 0 Å². The monoisotopic (exact) mass is 217 g/mol. The molecule has 1 heterocycles. The fourth-order valence-corrected chi connectivity index (χ4v) is 1.49. The van der Waals surface area contributed by atoms with E-state index in [1.165, 1.54) is 12.1 Å². The van der Waals surface area contributed by atoms with Crippen LogP contribution in [-0.2, 0) is 9.47 Å². The lowest BCUT2D eigenvalue weighted by molar-refractivity contribution is -0.0437. The summed E-state index contributed by atoms with van der Waals surface area (Å²) in [5.41, 5.74) is 6.53. The van der Waals surface area contributed by atoms with Crippen molar-refractivity contribution in [2.45, 2.75) is 6.29 Å². The fraction of sp³-hybridized carbons (Fsp3) is 0.333. The first-order chi connectivity index (χ1) is 6.68. The molecule has 1 fully saturated rings. The number of anilines is 1. The summed E-state index contributed by atoms with van der Waals surface area (Å²) in [5.74, 6) is -0.519. The van der Waals surface area contributed by atoms with Crippen molar-refractivity contribution in [1.82, 2.24) is 0 Å². The number of benzene rings is 1. The van der Waals surface area contributed by atoms with Crippen LogP contribution >= 0.6 is 11.6 Å². The molecule has 76 valence electrons. The number of halogens is 2. The average molecular weight is 218 g/mol. The second kappa shape index (κ2) is 3.73. The van der Waals surface area contributed by atoms with E-state index in [9.17, 15) is 4.39 Å². The Kier molecular flexibility index (Phi) is 2.58. The first-order valence-corrected chi connectivity index (χ1v) is 4.54. The van der Waals surface area contributed by atoms with Crippen molar-refractivity contribution in [3.63, 3.8) is 0 Å². The highest BCUT2D eigenvalue weighted by molar-refractivity contribution is 6.31. The zero-order valence-electron chi connectivity index (χ0n) is 7.30. The Bertz CT molecular complexity index is 353. The molecule has 0 spiro atoms. The van der Waals surface area contributed by atoms with Gasteiger partial charge in [-0.05, 0) is 12.1 Å². The molecule has 3 nitrogen and oxygen atoms in total. The number of nitrogen functional groups attached to an aromatic ring is 1. The Labute approximate surface area is 85.6 Å². The lowest BCUT2D eigenvalue weighted by Crippen LogP contribution is -2.03. The van der Waals surface area contributed by atoms with Crippen LogP contribution < -0.4 is 5.73 Å². The van der Waals surface area contributed by atoms with Gasteiger partial charge in [0.2, 0.25) is 0 Å². The van der Waals surface area contributed by atoms with E-state index in [1.54, 1.807) is 0 Å². The fourth-order valence-electron chi connectivity index (χ4n) is 1.32. The van der Waals surface area contributed by atoms with Crippen LogP contribution in [0.25, 0.3) is 0 Å². The smallest absolute Gasteiger partial charge is 0.186 e. The molecular formula is C9H9ClFNO2. The minimum absolute atomic E-state index is 0.00393. The Hall–Kier alpha value is -0.840. The van der Waals surface area contributed by atoms with Gasteiger partial charge in [0.25, 0.3) is 0 Å². The third-order valence-electron chi connectivity index (χ3n) is 2.00. The first kappa shape index (κ1) is 9.71. The predicted molar refractivity (Wildman–Crippen MR) is 50.5 cm³/mol. The highest BCUT2D eigenvalue weighted by atomic mass is 35.5. The van der Waals surface area contributed by atoms with E-state index >= 15 is 0 Å². The lowest BCUT2D eigenvalue weighted by Gasteiger charge is -2.12. The second-order valence-electron chi connectivity index (χ2n) is 2.97. The SMILES string of the molecule is Nc1cc(Cl)c(F)cc1C1OCCO1. The molecule has 0 bridgehead atoms. The maximum atomic E-state index is 13.1. The lowest BCUT2D eigenvalue weighted by atomic mass is 10.1. The summed E-state index contributed by atoms with van der Waals surface area (Å²) in [6.45, 7) is 0.989. The molecule has 0 amide bonds. The maximum absolute atomic E-state index is 13.1. The summed E-state index contributed by atoms with van der Waals surface area (Å²) < 4.78 is 23.5. The number of hydrogen-bond acceptors (Lipinski definition) is 3. The van der Waals surface area contributed by atoms with E-state index in [4.69, 9.17) is 26.8 Å². The third kappa shape index (κ3) is 1.68. The molecule has 0 aromatic heterocycles. The molecule has 1 aliphatic heterocycles. The van der Waals surface area contributed by atoms with Gasteiger partial charge in [-0.25, -0.2) is 4.39 Å². The van der Waals surface area contributed by atoms with Crippen LogP contribution in [0.2, 0.25) is 5.02 Å². The largest absolute Gasteiger partial charge is 0.398 e. The van der Waals surface area contributed by atoms with E-state index in [2.05, 4.69) is 0 Å². The Morgan fingerprint density at radius 2 is 2.00 bits per heavy atom. The molecule has 0 atom stereocenters. The zero-order chi connectivity index (χ0) is 10.1. The van der Waals surface area contributed by atoms with E-state index in [1.807, 2.05) is 0 Å². The third-order valence-corrected chi connectivity index (χ3v) is 2.29. The molecule has 5 heteroatoms. The molecule has 1 aromatic carbocycles. The van der Waals surface area contributed by atoms with Gasteiger partial charge in [0.1, 0.15) is 5.82 Å². The van der Waals surface area contributed by atoms with Gasteiger partial charge in [0.05, 0.1) is 18.2 Å². The van der Waals surface area contributed by atoms with Crippen LogP contribution in [0.5, 0.6) is 0 Å². The number of hydrogen-bond donors (Lipinski definition) is 1. The molecule has 0 radical (unpaired) electrons. The van der Waals surface area contributed by atoms with Crippen LogP contribution in [0.1, 0.15) is 11.9 Å². The minimum atomic E-state index is -0.568. The Balaban J connectivity index is 2.37. The van der Waals surface area contributed by atoms with E-state index in [-0.39, 0.29) is 5.02 Å². The van der Waals surface area contributed by atoms with Crippen LogP contribution in [0, 0.1) is 5.82 Å². The highest BCUT2D eigenvalue weighted by Crippen LogP contribution is 2.31. The van der Waals surface area contributed by atoms with E-state index < -0.39 is 12.1 Å². The standard InChI is InChI=1S/C9H9ClFNO2/c10-6-4-8(12)5(3-7(6)11)9-13-1-2-14-9/h3-4,9H,1-2,12H2. The van der Waals surface area contributed by atoms with Crippen molar-refractivity contribution in [3.05, 3.63) is 28.5 Å². The van der Waals surface area contributed by atoms with Crippen LogP contribution in [-0.4, -0.2) is 13.2 Å². The highest BCUT2D eigenvalue weighted by Gasteiger charge is 2.21. The van der Waals surface area contributed by atoms with Crippen molar-refractivity contribution in [2.24, 2.45) is 0 Å². The molecule has 1 aromatic rings. The summed E-state index contributed by atoms with van der Waals surface area (Å²) in [6, 6.07) is 2.60. The van der Waals surface area contributed by atoms with E-state index in [0.29, 0.717) is 24.5 Å². The summed E-state index contributed by atoms with van der Waals surface area (Å²) in [7, 11) is 0. The van der Waals surface area contributed by atoms with Crippen molar-refractivity contribution in [3.8, 4) is 0 Å². The van der Waals surface area contributed by atoms with Gasteiger partial charge in [-0.15, -0.1) is 0 Å². The van der Waals surface area contributed by atoms with Gasteiger partial charge in [-0.2, -0.15) is 0 Å². The molecular weight excluding hydrogens is 209 g/mol. The topological polar surface area (TPSA) is 44.5 Å². The Morgan fingerprint density at radius 3 is 2.64 bits per heavy atom. The normalized spacial score (nSPS) is 17.6. The van der Waals surface area contributed by atoms with Gasteiger partial charge in [0.15, 0.2) is 6.29 Å². The molecule has 0 unspecified atom stereocenters. The van der Waals surface area contributed by atoms with Crippen molar-refractivity contribution in [2.75, 3.05) is 18.9 Å². The average Bonchev–Trinajstić information content (AvgIpc) is 2.64. The van der Waals surface area contributed by atoms with Crippen LogP contribution in [0.4, 0.5) is 10.1 Å². The van der Waals surface area contributed by atoms with Gasteiger partial charge in [-0.3, -0.25) is 0 Å². The number of ether oxygens (including phenoxy) is 2. The molecule has 0 saturated carbocycles. The minimum Gasteiger partial charge on any atom is -0.398 e. The zero-order valence-corrected chi connectivity index (χ0v) is 8.05. The Morgan fingerprint density at radius 1 is 1.36 bits per heavy atom. The molecule has 2 N–H and O–H groups in total. The summed E-state index contributed by atoms with van der Waals surface area (Å²) >= 11 is 5.56. The quantitative estimate of drug-likeness (QED) is 0.733. The van der Waals surface area contributed by atoms with Crippen LogP contribution in [0.3, 0.4) is 0 Å². The summed E-state index contributed by atoms with van der Waals surface area (Å²) in [6.07, 6.45) is -0.568. The summed E-state index contributed by atoms with van der Waals surface area (Å²) in [4.78, 5) is 0. The first-order valence-electron chi connectivity index (χ1n) is 4.16. The predicted octanol–water partition coefficient (Wildman–Crippen LogP) is 2.11. The van der Waals surface area contributed by atoms with Gasteiger partial charge >= 0.3 is 0 Å². The molecule has 2 rings (SSSR count). The number of rotatable bonds is 1. The van der Waals surface area contributed by atoms with E-state index in [0.717, 1.165) is 0 Å². The molecule has 1 aliphatic rings. The molecule has 1 saturated heterocycles. The van der Waals surface area contributed by atoms with Gasteiger partial charge in [-0.1, -0.05) is 11.6 Å². The van der Waals surface area contributed by atoms with Crippen molar-refractivity contribution >= 4 is 17.3 Å². The molecule has 14 heavy (non-hydrogen) atoms. The number of nitrogens with two attached hydrogens (primary N) is 1. The summed E-state index contributed by atoms with van der Waals surface area (Å²) in [5, 5.41) is 0.00393. The second-order valence-corrected chi connectivity index (χ2v) is 3.38. The molecule has 0 aliphatic carbocycles. The van der Waals surface area contributed by atoms with Crippen molar-refractivity contribution < 1.29 is 13.9 Å². The van der Waals surface area contributed by atoms with Crippen LogP contribution in [0.15, 0.2) is 12.1 Å². The maximum Gasteiger partial charge on any atom is 0.186 e. The van der Waals surface area contributed by atoms with Gasteiger partial charge < -0.3 is 15.2 Å².